The second-order valence-electron chi connectivity index (χ2n) is 7.85. The monoisotopic (exact) mass is 501 g/mol. The standard InChI is InChI=1S/C22H21Cl2N7O3/c1-30-17(32)5-4-16(29-30)11-2-3-13(14(23)8-11)22(34)28-12-6-7-31(10-12)21-19(33)18(20(25)26)15(24)9-27-21/h2-5,8-9,12,33H,6-7,10H2,1H3,(H3,25,26)(H,28,34). The van der Waals surface area contributed by atoms with Crippen molar-refractivity contribution in [3.63, 3.8) is 0 Å². The highest BCUT2D eigenvalue weighted by atomic mass is 35.5. The van der Waals surface area contributed by atoms with E-state index in [4.69, 9.17) is 34.3 Å². The van der Waals surface area contributed by atoms with E-state index in [1.54, 1.807) is 36.2 Å². The van der Waals surface area contributed by atoms with E-state index in [2.05, 4.69) is 15.4 Å². The number of nitrogens with one attached hydrogen (secondary N) is 2. The zero-order valence-electron chi connectivity index (χ0n) is 18.0. The summed E-state index contributed by atoms with van der Waals surface area (Å²) in [6.45, 7) is 0.915. The second kappa shape index (κ2) is 9.32. The van der Waals surface area contributed by atoms with E-state index >= 15 is 0 Å². The molecule has 2 aromatic heterocycles. The molecular weight excluding hydrogens is 481 g/mol. The Morgan fingerprint density at radius 3 is 2.71 bits per heavy atom. The van der Waals surface area contributed by atoms with Crippen LogP contribution < -0.4 is 21.5 Å². The Kier molecular flexibility index (Phi) is 6.45. The van der Waals surface area contributed by atoms with Gasteiger partial charge in [0.2, 0.25) is 0 Å². The van der Waals surface area contributed by atoms with Crippen molar-refractivity contribution in [1.82, 2.24) is 20.1 Å². The molecule has 1 aromatic carbocycles. The lowest BCUT2D eigenvalue weighted by Gasteiger charge is -2.20. The van der Waals surface area contributed by atoms with E-state index in [-0.39, 0.29) is 50.5 Å². The first-order chi connectivity index (χ1) is 16.2. The average molecular weight is 502 g/mol. The third-order valence-electron chi connectivity index (χ3n) is 5.55. The zero-order chi connectivity index (χ0) is 24.6. The molecule has 1 amide bonds. The maximum atomic E-state index is 12.9. The Morgan fingerprint density at radius 1 is 1.26 bits per heavy atom. The molecular formula is C22H21Cl2N7O3. The van der Waals surface area contributed by atoms with E-state index in [1.807, 2.05) is 0 Å². The number of hydrogen-bond donors (Lipinski definition) is 4. The summed E-state index contributed by atoms with van der Waals surface area (Å²) in [7, 11) is 1.56. The molecule has 1 saturated heterocycles. The highest BCUT2D eigenvalue weighted by Crippen LogP contribution is 2.34. The highest BCUT2D eigenvalue weighted by Gasteiger charge is 2.29. The summed E-state index contributed by atoms with van der Waals surface area (Å²) in [5.41, 5.74) is 6.86. The first-order valence-electron chi connectivity index (χ1n) is 10.3. The molecule has 34 heavy (non-hydrogen) atoms. The molecule has 12 heteroatoms. The van der Waals surface area contributed by atoms with Gasteiger partial charge in [0, 0.05) is 44.0 Å². The number of hydrogen-bond acceptors (Lipinski definition) is 7. The number of aryl methyl sites for hydroxylation is 1. The minimum absolute atomic E-state index is 0.0269. The highest BCUT2D eigenvalue weighted by molar-refractivity contribution is 6.34. The molecule has 1 aliphatic heterocycles. The molecule has 0 bridgehead atoms. The molecule has 1 unspecified atom stereocenters. The normalized spacial score (nSPS) is 15.4. The molecule has 1 fully saturated rings. The fourth-order valence-electron chi connectivity index (χ4n) is 3.80. The number of amidine groups is 1. The Labute approximate surface area is 204 Å². The summed E-state index contributed by atoms with van der Waals surface area (Å²) in [6.07, 6.45) is 1.95. The van der Waals surface area contributed by atoms with Gasteiger partial charge in [0.15, 0.2) is 11.6 Å². The maximum absolute atomic E-state index is 12.9. The average Bonchev–Trinajstić information content (AvgIpc) is 3.23. The van der Waals surface area contributed by atoms with Crippen LogP contribution in [0.3, 0.4) is 0 Å². The molecule has 0 aliphatic carbocycles. The quantitative estimate of drug-likeness (QED) is 0.308. The predicted octanol–water partition coefficient (Wildman–Crippen LogP) is 2.15. The van der Waals surface area contributed by atoms with E-state index in [1.165, 1.54) is 16.9 Å². The summed E-state index contributed by atoms with van der Waals surface area (Å²) in [5.74, 6) is -0.716. The Hall–Kier alpha value is -3.63. The lowest BCUT2D eigenvalue weighted by molar-refractivity contribution is 0.0940. The summed E-state index contributed by atoms with van der Waals surface area (Å²) >= 11 is 12.4. The topological polar surface area (TPSA) is 150 Å². The van der Waals surface area contributed by atoms with Crippen LogP contribution in [0.15, 0.2) is 41.3 Å². The number of pyridine rings is 1. The van der Waals surface area contributed by atoms with Crippen LogP contribution in [0.5, 0.6) is 5.75 Å². The van der Waals surface area contributed by atoms with E-state index in [9.17, 15) is 14.7 Å². The Bertz CT molecular complexity index is 1360. The van der Waals surface area contributed by atoms with Crippen LogP contribution >= 0.6 is 23.2 Å². The van der Waals surface area contributed by atoms with Gasteiger partial charge >= 0.3 is 0 Å². The van der Waals surface area contributed by atoms with Gasteiger partial charge in [-0.05, 0) is 24.6 Å². The van der Waals surface area contributed by atoms with Gasteiger partial charge < -0.3 is 21.1 Å². The number of nitrogen functional groups attached to an aromatic ring is 1. The van der Waals surface area contributed by atoms with E-state index < -0.39 is 0 Å². The van der Waals surface area contributed by atoms with Crippen LogP contribution in [0.2, 0.25) is 10.0 Å². The molecule has 10 nitrogen and oxygen atoms in total. The van der Waals surface area contributed by atoms with Crippen LogP contribution in [0.25, 0.3) is 11.3 Å². The Balaban J connectivity index is 1.47. The van der Waals surface area contributed by atoms with Crippen molar-refractivity contribution in [3.8, 4) is 17.0 Å². The van der Waals surface area contributed by atoms with Crippen LogP contribution in [0, 0.1) is 5.41 Å². The number of amides is 1. The number of anilines is 1. The summed E-state index contributed by atoms with van der Waals surface area (Å²) in [4.78, 5) is 30.4. The molecule has 5 N–H and O–H groups in total. The number of aromatic nitrogens is 3. The number of halogens is 2. The summed E-state index contributed by atoms with van der Waals surface area (Å²) in [6, 6.07) is 7.74. The van der Waals surface area contributed by atoms with Crippen molar-refractivity contribution >= 4 is 40.8 Å². The second-order valence-corrected chi connectivity index (χ2v) is 8.66. The number of aromatic hydroxyl groups is 1. The predicted molar refractivity (Wildman–Crippen MR) is 130 cm³/mol. The lowest BCUT2D eigenvalue weighted by Crippen LogP contribution is -2.37. The minimum atomic E-state index is -0.360. The largest absolute Gasteiger partial charge is 0.504 e. The van der Waals surface area contributed by atoms with Crippen LogP contribution in [-0.4, -0.2) is 50.7 Å². The van der Waals surface area contributed by atoms with Crippen LogP contribution in [0.4, 0.5) is 5.82 Å². The van der Waals surface area contributed by atoms with Crippen molar-refractivity contribution in [2.24, 2.45) is 12.8 Å². The third-order valence-corrected chi connectivity index (χ3v) is 6.15. The molecule has 4 rings (SSSR count). The molecule has 3 aromatic rings. The third kappa shape index (κ3) is 4.55. The van der Waals surface area contributed by atoms with Gasteiger partial charge in [-0.1, -0.05) is 29.3 Å². The zero-order valence-corrected chi connectivity index (χ0v) is 19.6. The molecule has 1 aliphatic rings. The fourth-order valence-corrected chi connectivity index (χ4v) is 4.31. The van der Waals surface area contributed by atoms with Crippen molar-refractivity contribution in [2.45, 2.75) is 12.5 Å². The van der Waals surface area contributed by atoms with E-state index in [0.29, 0.717) is 36.3 Å². The Morgan fingerprint density at radius 2 is 2.03 bits per heavy atom. The van der Waals surface area contributed by atoms with Crippen molar-refractivity contribution in [1.29, 1.82) is 5.41 Å². The smallest absolute Gasteiger partial charge is 0.266 e. The SMILES string of the molecule is Cn1nc(-c2ccc(C(=O)NC3CCN(c4ncc(Cl)c(C(=N)N)c4O)C3)c(Cl)c2)ccc1=O. The van der Waals surface area contributed by atoms with Crippen molar-refractivity contribution in [3.05, 3.63) is 68.1 Å². The van der Waals surface area contributed by atoms with Gasteiger partial charge in [0.05, 0.1) is 26.9 Å². The fraction of sp³-hybridized carbons (Fsp3) is 0.227. The van der Waals surface area contributed by atoms with Gasteiger partial charge in [-0.15, -0.1) is 0 Å². The first kappa shape index (κ1) is 23.5. The van der Waals surface area contributed by atoms with Gasteiger partial charge in [0.25, 0.3) is 11.5 Å². The number of benzene rings is 1. The van der Waals surface area contributed by atoms with E-state index in [0.717, 1.165) is 0 Å². The van der Waals surface area contributed by atoms with Crippen LogP contribution in [0.1, 0.15) is 22.3 Å². The number of carbonyl (C=O) groups excluding carboxylic acids is 1. The maximum Gasteiger partial charge on any atom is 0.266 e. The summed E-state index contributed by atoms with van der Waals surface area (Å²) in [5, 5.41) is 25.6. The number of nitrogens with two attached hydrogens (primary N) is 1. The van der Waals surface area contributed by atoms with Gasteiger partial charge in [0.1, 0.15) is 5.84 Å². The first-order valence-corrected chi connectivity index (χ1v) is 11.0. The van der Waals surface area contributed by atoms with Crippen molar-refractivity contribution in [2.75, 3.05) is 18.0 Å². The summed E-state index contributed by atoms with van der Waals surface area (Å²) < 4.78 is 1.22. The molecule has 176 valence electrons. The molecule has 3 heterocycles. The number of rotatable bonds is 5. The molecule has 1 atom stereocenters. The van der Waals surface area contributed by atoms with Crippen molar-refractivity contribution < 1.29 is 9.90 Å². The van der Waals surface area contributed by atoms with Crippen LogP contribution in [-0.2, 0) is 7.05 Å². The van der Waals surface area contributed by atoms with Gasteiger partial charge in [-0.2, -0.15) is 5.10 Å². The molecule has 0 radical (unpaired) electrons. The van der Waals surface area contributed by atoms with Gasteiger partial charge in [-0.3, -0.25) is 15.0 Å². The molecule has 0 saturated carbocycles. The lowest BCUT2D eigenvalue weighted by atomic mass is 10.1. The number of nitrogens with zero attached hydrogens (tertiary/aromatic N) is 4. The number of carbonyl (C=O) groups is 1. The minimum Gasteiger partial charge on any atom is -0.504 e. The van der Waals surface area contributed by atoms with Gasteiger partial charge in [-0.25, -0.2) is 9.67 Å². The molecule has 0 spiro atoms.